The van der Waals surface area contributed by atoms with Crippen LogP contribution in [0.1, 0.15) is 24.9 Å². The molecule has 2 heterocycles. The monoisotopic (exact) mass is 261 g/mol. The fourth-order valence-electron chi connectivity index (χ4n) is 3.26. The first-order valence-electron chi connectivity index (χ1n) is 7.18. The maximum atomic E-state index is 5.50. The molecule has 1 aromatic carbocycles. The van der Waals surface area contributed by atoms with E-state index in [-0.39, 0.29) is 0 Å². The van der Waals surface area contributed by atoms with Crippen LogP contribution in [0.2, 0.25) is 0 Å². The first-order valence-corrected chi connectivity index (χ1v) is 7.18. The van der Waals surface area contributed by atoms with Gasteiger partial charge in [-0.15, -0.1) is 0 Å². The Labute approximate surface area is 115 Å². The summed E-state index contributed by atoms with van der Waals surface area (Å²) in [4.78, 5) is 2.60. The third kappa shape index (κ3) is 2.42. The number of fused-ring (bicyclic) bond motifs is 1. The zero-order valence-corrected chi connectivity index (χ0v) is 11.8. The molecule has 2 aliphatic heterocycles. The maximum absolute atomic E-state index is 5.50. The predicted octanol–water partition coefficient (Wildman–Crippen LogP) is 1.85. The van der Waals surface area contributed by atoms with Gasteiger partial charge in [0.15, 0.2) is 0 Å². The summed E-state index contributed by atoms with van der Waals surface area (Å²) in [6, 6.07) is 7.39. The van der Waals surface area contributed by atoms with Gasteiger partial charge >= 0.3 is 0 Å². The van der Waals surface area contributed by atoms with Crippen LogP contribution in [0, 0.1) is 0 Å². The molecule has 0 amide bonds. The second-order valence-electron chi connectivity index (χ2n) is 5.51. The van der Waals surface area contributed by atoms with Gasteiger partial charge in [-0.1, -0.05) is 12.1 Å². The number of benzene rings is 1. The normalized spacial score (nSPS) is 27.5. The van der Waals surface area contributed by atoms with Crippen LogP contribution in [0.15, 0.2) is 18.2 Å². The molecule has 1 fully saturated rings. The number of methoxy groups -OCH3 is 1. The van der Waals surface area contributed by atoms with Crippen molar-refractivity contribution in [2.24, 2.45) is 0 Å². The third-order valence-corrected chi connectivity index (χ3v) is 4.20. The van der Waals surface area contributed by atoms with E-state index in [1.807, 2.05) is 6.07 Å². The summed E-state index contributed by atoms with van der Waals surface area (Å²) in [6.07, 6.45) is 1.17. The predicted molar refractivity (Wildman–Crippen MR) is 77.9 cm³/mol. The van der Waals surface area contributed by atoms with E-state index < -0.39 is 0 Å². The van der Waals surface area contributed by atoms with Crippen LogP contribution in [0.4, 0.5) is 5.69 Å². The van der Waals surface area contributed by atoms with Gasteiger partial charge in [-0.25, -0.2) is 0 Å². The zero-order valence-electron chi connectivity index (χ0n) is 11.8. The van der Waals surface area contributed by atoms with Crippen molar-refractivity contribution in [1.29, 1.82) is 0 Å². The highest BCUT2D eigenvalue weighted by molar-refractivity contribution is 5.65. The molecule has 4 nitrogen and oxygen atoms in total. The number of piperazine rings is 1. The van der Waals surface area contributed by atoms with Crippen LogP contribution in [-0.4, -0.2) is 44.2 Å². The highest BCUT2D eigenvalue weighted by Crippen LogP contribution is 2.41. The van der Waals surface area contributed by atoms with E-state index in [4.69, 9.17) is 4.74 Å². The fraction of sp³-hybridized carbons (Fsp3) is 0.600. The number of ether oxygens (including phenoxy) is 1. The molecule has 19 heavy (non-hydrogen) atoms. The molecule has 0 saturated carbocycles. The molecule has 0 bridgehead atoms. The molecule has 2 aliphatic rings. The number of nitrogens with one attached hydrogen (secondary N) is 2. The molecule has 0 aromatic heterocycles. The van der Waals surface area contributed by atoms with Crippen LogP contribution in [0.25, 0.3) is 0 Å². The molecular weight excluding hydrogens is 238 g/mol. The Hall–Kier alpha value is -1.26. The van der Waals surface area contributed by atoms with Crippen molar-refractivity contribution < 1.29 is 4.74 Å². The van der Waals surface area contributed by atoms with Crippen molar-refractivity contribution in [2.75, 3.05) is 38.6 Å². The van der Waals surface area contributed by atoms with Crippen molar-refractivity contribution in [3.8, 4) is 5.75 Å². The van der Waals surface area contributed by atoms with E-state index in [1.165, 1.54) is 17.7 Å². The molecule has 2 N–H and O–H groups in total. The van der Waals surface area contributed by atoms with E-state index in [0.29, 0.717) is 12.1 Å². The van der Waals surface area contributed by atoms with Crippen LogP contribution in [0.3, 0.4) is 0 Å². The molecule has 0 radical (unpaired) electrons. The lowest BCUT2D eigenvalue weighted by Gasteiger charge is -2.41. The smallest absolute Gasteiger partial charge is 0.142 e. The lowest BCUT2D eigenvalue weighted by atomic mass is 9.91. The molecule has 2 atom stereocenters. The summed E-state index contributed by atoms with van der Waals surface area (Å²) < 4.78 is 5.50. The molecule has 104 valence electrons. The zero-order chi connectivity index (χ0) is 13.2. The number of nitrogens with zero attached hydrogens (tertiary/aromatic N) is 1. The number of hydrogen-bond donors (Lipinski definition) is 2. The van der Waals surface area contributed by atoms with Crippen molar-refractivity contribution in [3.63, 3.8) is 0 Å². The Morgan fingerprint density at radius 1 is 1.26 bits per heavy atom. The van der Waals surface area contributed by atoms with Crippen LogP contribution in [0.5, 0.6) is 5.75 Å². The van der Waals surface area contributed by atoms with Crippen molar-refractivity contribution in [2.45, 2.75) is 25.4 Å². The third-order valence-electron chi connectivity index (χ3n) is 4.20. The minimum Gasteiger partial charge on any atom is -0.495 e. The lowest BCUT2D eigenvalue weighted by molar-refractivity contribution is 0.158. The Morgan fingerprint density at radius 2 is 2.05 bits per heavy atom. The van der Waals surface area contributed by atoms with Crippen molar-refractivity contribution >= 4 is 5.69 Å². The van der Waals surface area contributed by atoms with Gasteiger partial charge in [-0.3, -0.25) is 4.90 Å². The lowest BCUT2D eigenvalue weighted by Crippen LogP contribution is -2.47. The van der Waals surface area contributed by atoms with Gasteiger partial charge in [0.1, 0.15) is 5.75 Å². The van der Waals surface area contributed by atoms with E-state index in [9.17, 15) is 0 Å². The van der Waals surface area contributed by atoms with E-state index in [2.05, 4.69) is 34.6 Å². The van der Waals surface area contributed by atoms with Gasteiger partial charge in [0.05, 0.1) is 12.8 Å². The van der Waals surface area contributed by atoms with Gasteiger partial charge < -0.3 is 15.4 Å². The number of anilines is 1. The first kappa shape index (κ1) is 12.8. The van der Waals surface area contributed by atoms with E-state index in [0.717, 1.165) is 31.9 Å². The maximum Gasteiger partial charge on any atom is 0.142 e. The topological polar surface area (TPSA) is 36.5 Å². The molecule has 4 heteroatoms. The van der Waals surface area contributed by atoms with Gasteiger partial charge in [0.2, 0.25) is 0 Å². The molecule has 1 saturated heterocycles. The van der Waals surface area contributed by atoms with Crippen LogP contribution < -0.4 is 15.4 Å². The van der Waals surface area contributed by atoms with Crippen molar-refractivity contribution in [1.82, 2.24) is 10.2 Å². The molecule has 1 aromatic rings. The molecule has 2 unspecified atom stereocenters. The number of rotatable bonds is 2. The number of para-hydroxylation sites is 1. The SMILES string of the molecule is COc1cccc2c1NC(C)CC2N1CCNCC1. The van der Waals surface area contributed by atoms with Gasteiger partial charge in [-0.2, -0.15) is 0 Å². The van der Waals surface area contributed by atoms with Gasteiger partial charge in [0, 0.05) is 38.3 Å². The van der Waals surface area contributed by atoms with Gasteiger partial charge in [0.25, 0.3) is 0 Å². The van der Waals surface area contributed by atoms with Crippen molar-refractivity contribution in [3.05, 3.63) is 23.8 Å². The average Bonchev–Trinajstić information content (AvgIpc) is 2.46. The first-order chi connectivity index (χ1) is 9.29. The Kier molecular flexibility index (Phi) is 3.62. The second kappa shape index (κ2) is 5.39. The van der Waals surface area contributed by atoms with E-state index in [1.54, 1.807) is 7.11 Å². The molecule has 3 rings (SSSR count). The largest absolute Gasteiger partial charge is 0.495 e. The molecule has 0 aliphatic carbocycles. The summed E-state index contributed by atoms with van der Waals surface area (Å²) in [5, 5.41) is 7.01. The summed E-state index contributed by atoms with van der Waals surface area (Å²) >= 11 is 0. The Balaban J connectivity index is 1.94. The fourth-order valence-corrected chi connectivity index (χ4v) is 3.26. The Morgan fingerprint density at radius 3 is 2.79 bits per heavy atom. The van der Waals surface area contributed by atoms with Gasteiger partial charge in [-0.05, 0) is 25.0 Å². The summed E-state index contributed by atoms with van der Waals surface area (Å²) in [5.41, 5.74) is 2.58. The van der Waals surface area contributed by atoms with Crippen LogP contribution >= 0.6 is 0 Å². The molecule has 0 spiro atoms. The Bertz CT molecular complexity index is 443. The van der Waals surface area contributed by atoms with Crippen LogP contribution in [-0.2, 0) is 0 Å². The average molecular weight is 261 g/mol. The highest BCUT2D eigenvalue weighted by Gasteiger charge is 2.31. The summed E-state index contributed by atoms with van der Waals surface area (Å²) in [5.74, 6) is 0.962. The minimum atomic E-state index is 0.490. The van der Waals surface area contributed by atoms with E-state index >= 15 is 0 Å². The second-order valence-corrected chi connectivity index (χ2v) is 5.51. The standard InChI is InChI=1S/C15H23N3O/c1-11-10-13(18-8-6-16-7-9-18)12-4-3-5-14(19-2)15(12)17-11/h3-5,11,13,16-17H,6-10H2,1-2H3. The minimum absolute atomic E-state index is 0.490. The number of hydrogen-bond acceptors (Lipinski definition) is 4. The summed E-state index contributed by atoms with van der Waals surface area (Å²) in [6.45, 7) is 6.71. The quantitative estimate of drug-likeness (QED) is 0.852. The summed E-state index contributed by atoms with van der Waals surface area (Å²) in [7, 11) is 1.75. The molecular formula is C15H23N3O. The highest BCUT2D eigenvalue weighted by atomic mass is 16.5.